The zero-order chi connectivity index (χ0) is 13.1. The van der Waals surface area contributed by atoms with Crippen LogP contribution in [0.15, 0.2) is 11.6 Å². The maximum Gasteiger partial charge on any atom is 0.333 e. The third-order valence-corrected chi connectivity index (χ3v) is 2.38. The van der Waals surface area contributed by atoms with E-state index in [2.05, 4.69) is 6.92 Å². The summed E-state index contributed by atoms with van der Waals surface area (Å²) >= 11 is 0. The van der Waals surface area contributed by atoms with Crippen molar-refractivity contribution < 1.29 is 14.3 Å². The molecule has 0 amide bonds. The number of hydrogen-bond donors (Lipinski definition) is 1. The molecule has 0 fully saturated rings. The molecular formula is C13H23NO3. The average Bonchev–Trinajstić information content (AvgIpc) is 2.32. The summed E-state index contributed by atoms with van der Waals surface area (Å²) in [6, 6.07) is 0. The van der Waals surface area contributed by atoms with Gasteiger partial charge in [0.25, 0.3) is 0 Å². The minimum absolute atomic E-state index is 0.0817. The maximum absolute atomic E-state index is 11.4. The van der Waals surface area contributed by atoms with Crippen LogP contribution < -0.4 is 5.73 Å². The van der Waals surface area contributed by atoms with Crippen LogP contribution >= 0.6 is 0 Å². The first-order chi connectivity index (χ1) is 8.11. The number of carbonyl (C=O) groups is 2. The van der Waals surface area contributed by atoms with E-state index in [1.165, 1.54) is 25.3 Å². The van der Waals surface area contributed by atoms with Crippen LogP contribution in [0.25, 0.3) is 0 Å². The Morgan fingerprint density at radius 2 is 1.82 bits per heavy atom. The molecule has 0 aliphatic heterocycles. The van der Waals surface area contributed by atoms with Crippen LogP contribution in [0.1, 0.15) is 46.0 Å². The highest BCUT2D eigenvalue weighted by atomic mass is 16.5. The van der Waals surface area contributed by atoms with Gasteiger partial charge in [-0.3, -0.25) is 4.79 Å². The molecule has 4 heteroatoms. The fourth-order valence-corrected chi connectivity index (χ4v) is 1.34. The Balaban J connectivity index is 3.71. The van der Waals surface area contributed by atoms with Crippen molar-refractivity contribution in [3.63, 3.8) is 0 Å². The highest BCUT2D eigenvalue weighted by Gasteiger charge is 2.06. The van der Waals surface area contributed by atoms with E-state index in [0.29, 0.717) is 12.2 Å². The molecule has 0 rings (SSSR count). The Kier molecular flexibility index (Phi) is 9.34. The topological polar surface area (TPSA) is 69.4 Å². The van der Waals surface area contributed by atoms with E-state index in [-0.39, 0.29) is 12.3 Å². The van der Waals surface area contributed by atoms with E-state index < -0.39 is 5.97 Å². The number of ether oxygens (including phenoxy) is 1. The van der Waals surface area contributed by atoms with E-state index in [0.717, 1.165) is 12.8 Å². The van der Waals surface area contributed by atoms with Crippen LogP contribution in [0.5, 0.6) is 0 Å². The normalized spacial score (nSPS) is 11.4. The summed E-state index contributed by atoms with van der Waals surface area (Å²) in [5.41, 5.74) is 5.46. The number of rotatable bonds is 9. The molecule has 0 aromatic rings. The largest absolute Gasteiger partial charge is 0.462 e. The monoisotopic (exact) mass is 241 g/mol. The Hall–Kier alpha value is -1.16. The molecule has 98 valence electrons. The van der Waals surface area contributed by atoms with Gasteiger partial charge in [0.2, 0.25) is 0 Å². The second-order valence-electron chi connectivity index (χ2n) is 4.05. The lowest BCUT2D eigenvalue weighted by Crippen LogP contribution is -2.14. The minimum atomic E-state index is -0.428. The number of esters is 1. The van der Waals surface area contributed by atoms with Crippen LogP contribution in [-0.4, -0.2) is 24.9 Å². The van der Waals surface area contributed by atoms with Gasteiger partial charge in [-0.1, -0.05) is 32.6 Å². The third-order valence-electron chi connectivity index (χ3n) is 2.38. The van der Waals surface area contributed by atoms with Gasteiger partial charge in [0.1, 0.15) is 0 Å². The zero-order valence-corrected chi connectivity index (χ0v) is 10.8. The quantitative estimate of drug-likeness (QED) is 0.380. The zero-order valence-electron chi connectivity index (χ0n) is 10.8. The van der Waals surface area contributed by atoms with Gasteiger partial charge in [0, 0.05) is 5.57 Å². The van der Waals surface area contributed by atoms with Gasteiger partial charge < -0.3 is 10.5 Å². The van der Waals surface area contributed by atoms with Crippen molar-refractivity contribution in [2.45, 2.75) is 46.0 Å². The van der Waals surface area contributed by atoms with Crippen molar-refractivity contribution in [3.8, 4) is 0 Å². The van der Waals surface area contributed by atoms with E-state index >= 15 is 0 Å². The molecule has 0 aromatic carbocycles. The Morgan fingerprint density at radius 1 is 1.18 bits per heavy atom. The predicted molar refractivity (Wildman–Crippen MR) is 67.5 cm³/mol. The van der Waals surface area contributed by atoms with Crippen molar-refractivity contribution in [1.82, 2.24) is 0 Å². The number of carbonyl (C=O) groups excluding carboxylic acids is 2. The molecule has 0 aromatic heterocycles. The van der Waals surface area contributed by atoms with Crippen molar-refractivity contribution in [2.75, 3.05) is 13.2 Å². The number of nitrogens with two attached hydrogens (primary N) is 1. The Morgan fingerprint density at radius 3 is 2.41 bits per heavy atom. The molecule has 0 radical (unpaired) electrons. The van der Waals surface area contributed by atoms with E-state index in [4.69, 9.17) is 10.5 Å². The van der Waals surface area contributed by atoms with E-state index in [1.807, 2.05) is 0 Å². The summed E-state index contributed by atoms with van der Waals surface area (Å²) in [6.45, 7) is 4.06. The first kappa shape index (κ1) is 15.8. The summed E-state index contributed by atoms with van der Waals surface area (Å²) in [7, 11) is 0. The maximum atomic E-state index is 11.4. The minimum Gasteiger partial charge on any atom is -0.462 e. The first-order valence-corrected chi connectivity index (χ1v) is 6.20. The molecule has 0 aliphatic rings. The van der Waals surface area contributed by atoms with E-state index in [1.54, 1.807) is 6.92 Å². The molecule has 0 bridgehead atoms. The summed E-state index contributed by atoms with van der Waals surface area (Å²) in [5, 5.41) is 0. The first-order valence-electron chi connectivity index (χ1n) is 6.20. The van der Waals surface area contributed by atoms with Gasteiger partial charge in [0.05, 0.1) is 13.2 Å². The third kappa shape index (κ3) is 8.63. The molecule has 0 saturated heterocycles. The number of unbranched alkanes of at least 4 members (excludes halogenated alkanes) is 4. The molecule has 0 spiro atoms. The van der Waals surface area contributed by atoms with Crippen molar-refractivity contribution in [3.05, 3.63) is 11.6 Å². The van der Waals surface area contributed by atoms with Crippen LogP contribution in [0, 0.1) is 0 Å². The van der Waals surface area contributed by atoms with Crippen LogP contribution in [0.4, 0.5) is 0 Å². The molecule has 2 N–H and O–H groups in total. The van der Waals surface area contributed by atoms with E-state index in [9.17, 15) is 9.59 Å². The summed E-state index contributed by atoms with van der Waals surface area (Å²) < 4.78 is 5.03. The smallest absolute Gasteiger partial charge is 0.333 e. The molecule has 4 nitrogen and oxygen atoms in total. The summed E-state index contributed by atoms with van der Waals surface area (Å²) in [5.74, 6) is -0.690. The van der Waals surface area contributed by atoms with Crippen molar-refractivity contribution >= 4 is 11.8 Å². The van der Waals surface area contributed by atoms with Gasteiger partial charge in [-0.25, -0.2) is 4.79 Å². The van der Waals surface area contributed by atoms with Crippen molar-refractivity contribution in [2.24, 2.45) is 5.73 Å². The van der Waals surface area contributed by atoms with Gasteiger partial charge >= 0.3 is 5.97 Å². The molecule has 0 atom stereocenters. The predicted octanol–water partition coefficient (Wildman–Crippen LogP) is 1.97. The highest BCUT2D eigenvalue weighted by molar-refractivity contribution is 5.99. The Bertz CT molecular complexity index is 272. The lowest BCUT2D eigenvalue weighted by molar-refractivity contribution is -0.139. The number of ketones is 1. The standard InChI is InChI=1S/C13H23NO3/c1-3-4-5-6-7-8-17-13(16)11(2)9-12(15)10-14/h9H,3-8,10,14H2,1-2H3. The van der Waals surface area contributed by atoms with Crippen LogP contribution in [0.3, 0.4) is 0 Å². The molecule has 0 saturated carbocycles. The Labute approximate surface area is 103 Å². The molecule has 17 heavy (non-hydrogen) atoms. The van der Waals surface area contributed by atoms with Gasteiger partial charge in [-0.05, 0) is 19.4 Å². The second kappa shape index (κ2) is 10.0. The summed E-state index contributed by atoms with van der Waals surface area (Å²) in [4.78, 5) is 22.4. The second-order valence-corrected chi connectivity index (χ2v) is 4.05. The van der Waals surface area contributed by atoms with Gasteiger partial charge in [-0.15, -0.1) is 0 Å². The van der Waals surface area contributed by atoms with Crippen LogP contribution in [0.2, 0.25) is 0 Å². The molecule has 0 aliphatic carbocycles. The van der Waals surface area contributed by atoms with Crippen molar-refractivity contribution in [1.29, 1.82) is 0 Å². The van der Waals surface area contributed by atoms with Gasteiger partial charge in [0.15, 0.2) is 5.78 Å². The van der Waals surface area contributed by atoms with Gasteiger partial charge in [-0.2, -0.15) is 0 Å². The van der Waals surface area contributed by atoms with Crippen LogP contribution in [-0.2, 0) is 14.3 Å². The summed E-state index contributed by atoms with van der Waals surface area (Å²) in [6.07, 6.45) is 6.78. The lowest BCUT2D eigenvalue weighted by Gasteiger charge is -2.04. The fraction of sp³-hybridized carbons (Fsp3) is 0.692. The molecule has 0 unspecified atom stereocenters. The molecule has 0 heterocycles. The highest BCUT2D eigenvalue weighted by Crippen LogP contribution is 2.04. The fourth-order valence-electron chi connectivity index (χ4n) is 1.34. The molecular weight excluding hydrogens is 218 g/mol. The average molecular weight is 241 g/mol. The number of hydrogen-bond acceptors (Lipinski definition) is 4. The SMILES string of the molecule is CCCCCCCOC(=O)C(C)=CC(=O)CN. The lowest BCUT2D eigenvalue weighted by atomic mass is 10.2.